The van der Waals surface area contributed by atoms with Crippen molar-refractivity contribution in [1.29, 1.82) is 0 Å². The van der Waals surface area contributed by atoms with Gasteiger partial charge in [-0.3, -0.25) is 4.79 Å². The van der Waals surface area contributed by atoms with Crippen LogP contribution >= 0.6 is 0 Å². The van der Waals surface area contributed by atoms with Gasteiger partial charge in [-0.05, 0) is 24.1 Å². The summed E-state index contributed by atoms with van der Waals surface area (Å²) in [5.41, 5.74) is 2.13. The molecule has 2 atom stereocenters. The maximum absolute atomic E-state index is 11.9. The molecule has 0 aromatic heterocycles. The minimum absolute atomic E-state index is 0.183. The zero-order valence-electron chi connectivity index (χ0n) is 12.8. The largest absolute Gasteiger partial charge is 0.390 e. The molecule has 1 heterocycles. The van der Waals surface area contributed by atoms with E-state index in [-0.39, 0.29) is 23.8 Å². The number of carbonyl (C=O) groups excluding carboxylic acids is 1. The van der Waals surface area contributed by atoms with Crippen LogP contribution in [0.25, 0.3) is 0 Å². The molecule has 0 radical (unpaired) electrons. The van der Waals surface area contributed by atoms with E-state index in [1.807, 2.05) is 43.3 Å². The van der Waals surface area contributed by atoms with Crippen molar-refractivity contribution in [3.8, 4) is 0 Å². The molecule has 1 aromatic carbocycles. The fourth-order valence-electron chi connectivity index (χ4n) is 2.46. The Morgan fingerprint density at radius 2 is 1.91 bits per heavy atom. The predicted octanol–water partition coefficient (Wildman–Crippen LogP) is -0.0407. The van der Waals surface area contributed by atoms with Gasteiger partial charge in [0.15, 0.2) is 9.84 Å². The van der Waals surface area contributed by atoms with Crippen molar-refractivity contribution in [3.63, 3.8) is 0 Å². The van der Waals surface area contributed by atoms with Crippen molar-refractivity contribution >= 4 is 21.4 Å². The molecule has 1 aliphatic rings. The molecule has 2 N–H and O–H groups in total. The van der Waals surface area contributed by atoms with E-state index in [2.05, 4.69) is 5.32 Å². The molecule has 0 unspecified atom stereocenters. The van der Waals surface area contributed by atoms with Gasteiger partial charge in [-0.15, -0.1) is 0 Å². The summed E-state index contributed by atoms with van der Waals surface area (Å²) < 4.78 is 22.8. The van der Waals surface area contributed by atoms with Gasteiger partial charge in [0.2, 0.25) is 5.91 Å². The Morgan fingerprint density at radius 1 is 1.27 bits per heavy atom. The van der Waals surface area contributed by atoms with Crippen LogP contribution < -0.4 is 10.2 Å². The van der Waals surface area contributed by atoms with Crippen molar-refractivity contribution in [1.82, 2.24) is 5.32 Å². The van der Waals surface area contributed by atoms with Crippen molar-refractivity contribution in [2.75, 3.05) is 30.5 Å². The molecular formula is C15H22N2O4S. The van der Waals surface area contributed by atoms with Gasteiger partial charge in [-0.25, -0.2) is 8.42 Å². The minimum Gasteiger partial charge on any atom is -0.390 e. The second-order valence-electron chi connectivity index (χ2n) is 5.88. The molecule has 1 aromatic rings. The number of carbonyl (C=O) groups is 1. The molecule has 1 aliphatic heterocycles. The quantitative estimate of drug-likeness (QED) is 0.793. The van der Waals surface area contributed by atoms with E-state index in [1.54, 1.807) is 0 Å². The lowest BCUT2D eigenvalue weighted by atomic mass is 10.1. The first kappa shape index (κ1) is 16.8. The molecule has 0 aliphatic carbocycles. The molecule has 0 bridgehead atoms. The second-order valence-corrected chi connectivity index (χ2v) is 8.03. The van der Waals surface area contributed by atoms with Crippen LogP contribution in [-0.4, -0.2) is 57.2 Å². The van der Waals surface area contributed by atoms with E-state index in [4.69, 9.17) is 0 Å². The molecule has 1 amide bonds. The van der Waals surface area contributed by atoms with E-state index in [0.717, 1.165) is 11.3 Å². The SMILES string of the molecule is CN(C)c1ccc(CCC(=O)N[C@@H]2CS(=O)(=O)C[C@H]2O)cc1. The standard InChI is InChI=1S/C15H22N2O4S/c1-17(2)12-6-3-11(4-7-12)5-8-15(19)16-13-9-22(20,21)10-14(13)18/h3-4,6-7,13-14,18H,5,8-10H2,1-2H3,(H,16,19)/t13-,14-/m1/s1. The Labute approximate surface area is 131 Å². The van der Waals surface area contributed by atoms with Crippen LogP contribution in [0.3, 0.4) is 0 Å². The lowest BCUT2D eigenvalue weighted by Crippen LogP contribution is -2.42. The molecule has 0 saturated carbocycles. The molecule has 0 spiro atoms. The molecular weight excluding hydrogens is 304 g/mol. The number of hydrogen-bond acceptors (Lipinski definition) is 5. The number of nitrogens with one attached hydrogen (secondary N) is 1. The molecule has 2 rings (SSSR count). The van der Waals surface area contributed by atoms with E-state index in [9.17, 15) is 18.3 Å². The number of hydrogen-bond donors (Lipinski definition) is 2. The zero-order valence-corrected chi connectivity index (χ0v) is 13.6. The summed E-state index contributed by atoms with van der Waals surface area (Å²) in [5.74, 6) is -0.695. The fourth-order valence-corrected chi connectivity index (χ4v) is 4.21. The first-order chi connectivity index (χ1) is 10.3. The van der Waals surface area contributed by atoms with Crippen LogP contribution in [0.4, 0.5) is 5.69 Å². The number of anilines is 1. The Hall–Kier alpha value is -1.60. The zero-order chi connectivity index (χ0) is 16.3. The molecule has 7 heteroatoms. The summed E-state index contributed by atoms with van der Waals surface area (Å²) in [7, 11) is 0.684. The van der Waals surface area contributed by atoms with E-state index in [1.165, 1.54) is 0 Å². The summed E-state index contributed by atoms with van der Waals surface area (Å²) >= 11 is 0. The van der Waals surface area contributed by atoms with Gasteiger partial charge in [-0.2, -0.15) is 0 Å². The Kier molecular flexibility index (Phi) is 5.08. The molecule has 1 saturated heterocycles. The summed E-state index contributed by atoms with van der Waals surface area (Å²) in [6.07, 6.45) is -0.159. The van der Waals surface area contributed by atoms with Gasteiger partial charge < -0.3 is 15.3 Å². The highest BCUT2D eigenvalue weighted by atomic mass is 32.2. The van der Waals surface area contributed by atoms with Gasteiger partial charge in [0, 0.05) is 26.2 Å². The third-order valence-electron chi connectivity index (χ3n) is 3.76. The maximum atomic E-state index is 11.9. The fraction of sp³-hybridized carbons (Fsp3) is 0.533. The third-order valence-corrected chi connectivity index (χ3v) is 5.48. The maximum Gasteiger partial charge on any atom is 0.220 e. The highest BCUT2D eigenvalue weighted by molar-refractivity contribution is 7.91. The lowest BCUT2D eigenvalue weighted by molar-refractivity contribution is -0.122. The van der Waals surface area contributed by atoms with Gasteiger partial charge in [0.05, 0.1) is 23.7 Å². The first-order valence-electron chi connectivity index (χ1n) is 7.21. The van der Waals surface area contributed by atoms with Crippen molar-refractivity contribution in [2.45, 2.75) is 25.0 Å². The van der Waals surface area contributed by atoms with Crippen LogP contribution in [0.1, 0.15) is 12.0 Å². The number of aliphatic hydroxyl groups is 1. The Bertz CT molecular complexity index is 625. The average molecular weight is 326 g/mol. The smallest absolute Gasteiger partial charge is 0.220 e. The third kappa shape index (κ3) is 4.45. The number of amides is 1. The average Bonchev–Trinajstić information content (AvgIpc) is 2.69. The normalized spacial score (nSPS) is 23.2. The summed E-state index contributed by atoms with van der Waals surface area (Å²) in [6, 6.07) is 7.23. The number of aliphatic hydroxyl groups excluding tert-OH is 1. The summed E-state index contributed by atoms with van der Waals surface area (Å²) in [5, 5.41) is 12.3. The number of rotatable bonds is 5. The van der Waals surface area contributed by atoms with Crippen LogP contribution in [0.5, 0.6) is 0 Å². The molecule has 122 valence electrons. The molecule has 1 fully saturated rings. The monoisotopic (exact) mass is 326 g/mol. The first-order valence-corrected chi connectivity index (χ1v) is 9.03. The number of sulfone groups is 1. The van der Waals surface area contributed by atoms with Gasteiger partial charge in [0.1, 0.15) is 0 Å². The molecule has 6 nitrogen and oxygen atoms in total. The van der Waals surface area contributed by atoms with Gasteiger partial charge in [-0.1, -0.05) is 12.1 Å². The number of aryl methyl sites for hydroxylation is 1. The Morgan fingerprint density at radius 3 is 2.41 bits per heavy atom. The highest BCUT2D eigenvalue weighted by Crippen LogP contribution is 2.15. The van der Waals surface area contributed by atoms with E-state index < -0.39 is 22.0 Å². The second kappa shape index (κ2) is 6.66. The van der Waals surface area contributed by atoms with Crippen LogP contribution in [-0.2, 0) is 21.1 Å². The van der Waals surface area contributed by atoms with Gasteiger partial charge >= 0.3 is 0 Å². The van der Waals surface area contributed by atoms with Crippen LogP contribution in [0, 0.1) is 0 Å². The van der Waals surface area contributed by atoms with Crippen molar-refractivity contribution in [2.24, 2.45) is 0 Å². The van der Waals surface area contributed by atoms with Crippen LogP contribution in [0.15, 0.2) is 24.3 Å². The van der Waals surface area contributed by atoms with Crippen LogP contribution in [0.2, 0.25) is 0 Å². The van der Waals surface area contributed by atoms with Gasteiger partial charge in [0.25, 0.3) is 0 Å². The number of nitrogens with zero attached hydrogens (tertiary/aromatic N) is 1. The predicted molar refractivity (Wildman–Crippen MR) is 85.7 cm³/mol. The summed E-state index contributed by atoms with van der Waals surface area (Å²) in [6.45, 7) is 0. The minimum atomic E-state index is -3.24. The summed E-state index contributed by atoms with van der Waals surface area (Å²) in [4.78, 5) is 13.9. The van der Waals surface area contributed by atoms with Crippen molar-refractivity contribution in [3.05, 3.63) is 29.8 Å². The molecule has 22 heavy (non-hydrogen) atoms. The Balaban J connectivity index is 1.83. The van der Waals surface area contributed by atoms with E-state index >= 15 is 0 Å². The van der Waals surface area contributed by atoms with Crippen molar-refractivity contribution < 1.29 is 18.3 Å². The highest BCUT2D eigenvalue weighted by Gasteiger charge is 2.37. The number of benzene rings is 1. The lowest BCUT2D eigenvalue weighted by Gasteiger charge is -2.15. The van der Waals surface area contributed by atoms with E-state index in [0.29, 0.717) is 6.42 Å². The topological polar surface area (TPSA) is 86.7 Å².